The van der Waals surface area contributed by atoms with Crippen molar-refractivity contribution in [1.29, 1.82) is 0 Å². The number of nitrogens with two attached hydrogens (primary N) is 1. The summed E-state index contributed by atoms with van der Waals surface area (Å²) in [5, 5.41) is 23.2. The van der Waals surface area contributed by atoms with Crippen LogP contribution < -0.4 is 11.1 Å². The van der Waals surface area contributed by atoms with Crippen molar-refractivity contribution >= 4 is 17.3 Å². The van der Waals surface area contributed by atoms with Crippen molar-refractivity contribution in [3.8, 4) is 0 Å². The first-order valence-electron chi connectivity index (χ1n) is 5.80. The Morgan fingerprint density at radius 3 is 2.63 bits per heavy atom. The van der Waals surface area contributed by atoms with Gasteiger partial charge in [-0.3, -0.25) is 14.9 Å². The Bertz CT molecular complexity index is 498. The van der Waals surface area contributed by atoms with Crippen LogP contribution in [-0.4, -0.2) is 28.1 Å². The number of aliphatic hydroxyl groups is 1. The Hall–Kier alpha value is -2.15. The fourth-order valence-corrected chi connectivity index (χ4v) is 1.51. The number of nitro groups is 1. The van der Waals surface area contributed by atoms with E-state index in [2.05, 4.69) is 5.32 Å². The molecule has 7 nitrogen and oxygen atoms in total. The van der Waals surface area contributed by atoms with E-state index in [1.807, 2.05) is 6.92 Å². The Morgan fingerprint density at radius 1 is 1.58 bits per heavy atom. The normalized spacial score (nSPS) is 13.6. The molecular formula is C12H17N3O4. The molecule has 1 aromatic carbocycles. The van der Waals surface area contributed by atoms with Gasteiger partial charge < -0.3 is 16.2 Å². The van der Waals surface area contributed by atoms with E-state index >= 15 is 0 Å². The molecule has 0 radical (unpaired) electrons. The highest BCUT2D eigenvalue weighted by molar-refractivity contribution is 5.94. The standard InChI is InChI=1S/C12H17N3O4/c1-3-12(2,7-16)14-9-5-4-8(11(13)17)6-10(9)15(18)19/h4-6,14,16H,3,7H2,1-2H3,(H2,13,17). The fraction of sp³-hybridized carbons (Fsp3) is 0.417. The number of nitrogens with zero attached hydrogens (tertiary/aromatic N) is 1. The number of carbonyl (C=O) groups excluding carboxylic acids is 1. The van der Waals surface area contributed by atoms with Crippen molar-refractivity contribution < 1.29 is 14.8 Å². The second-order valence-corrected chi connectivity index (χ2v) is 4.55. The first kappa shape index (κ1) is 14.9. The topological polar surface area (TPSA) is 118 Å². The molecule has 0 aliphatic carbocycles. The molecule has 1 aromatic rings. The zero-order valence-electron chi connectivity index (χ0n) is 10.8. The molecule has 0 saturated heterocycles. The van der Waals surface area contributed by atoms with E-state index in [1.54, 1.807) is 6.92 Å². The lowest BCUT2D eigenvalue weighted by Gasteiger charge is -2.28. The third-order valence-corrected chi connectivity index (χ3v) is 3.04. The molecule has 1 amide bonds. The summed E-state index contributed by atoms with van der Waals surface area (Å²) in [5.41, 5.74) is 4.49. The van der Waals surface area contributed by atoms with Crippen LogP contribution in [0.4, 0.5) is 11.4 Å². The van der Waals surface area contributed by atoms with Gasteiger partial charge in [0, 0.05) is 11.6 Å². The molecule has 4 N–H and O–H groups in total. The van der Waals surface area contributed by atoms with E-state index in [1.165, 1.54) is 12.1 Å². The molecule has 19 heavy (non-hydrogen) atoms. The molecule has 0 aliphatic heterocycles. The van der Waals surface area contributed by atoms with E-state index in [0.29, 0.717) is 6.42 Å². The van der Waals surface area contributed by atoms with Crippen molar-refractivity contribution in [2.24, 2.45) is 5.73 Å². The van der Waals surface area contributed by atoms with Crippen LogP contribution in [0, 0.1) is 10.1 Å². The highest BCUT2D eigenvalue weighted by Gasteiger charge is 2.25. The molecule has 1 rings (SSSR count). The number of aliphatic hydroxyl groups excluding tert-OH is 1. The summed E-state index contributed by atoms with van der Waals surface area (Å²) in [5.74, 6) is -0.727. The monoisotopic (exact) mass is 267 g/mol. The number of benzene rings is 1. The SMILES string of the molecule is CCC(C)(CO)Nc1ccc(C(N)=O)cc1[N+](=O)[O-]. The highest BCUT2D eigenvalue weighted by Crippen LogP contribution is 2.29. The average Bonchev–Trinajstić information content (AvgIpc) is 2.38. The fourth-order valence-electron chi connectivity index (χ4n) is 1.51. The van der Waals surface area contributed by atoms with E-state index < -0.39 is 16.4 Å². The zero-order chi connectivity index (χ0) is 14.6. The number of anilines is 1. The van der Waals surface area contributed by atoms with Gasteiger partial charge in [-0.15, -0.1) is 0 Å². The van der Waals surface area contributed by atoms with E-state index in [4.69, 9.17) is 5.73 Å². The number of nitrogens with one attached hydrogen (secondary N) is 1. The Labute approximate surface area is 110 Å². The van der Waals surface area contributed by atoms with E-state index in [-0.39, 0.29) is 23.5 Å². The number of rotatable bonds is 6. The summed E-state index contributed by atoms with van der Waals surface area (Å²) in [6.45, 7) is 3.43. The third-order valence-electron chi connectivity index (χ3n) is 3.04. The van der Waals surface area contributed by atoms with Crippen LogP contribution in [0.2, 0.25) is 0 Å². The quantitative estimate of drug-likeness (QED) is 0.529. The van der Waals surface area contributed by atoms with Crippen LogP contribution in [-0.2, 0) is 0 Å². The predicted molar refractivity (Wildman–Crippen MR) is 71.0 cm³/mol. The maximum absolute atomic E-state index is 11.0. The van der Waals surface area contributed by atoms with Gasteiger partial charge in [0.1, 0.15) is 5.69 Å². The zero-order valence-corrected chi connectivity index (χ0v) is 10.8. The van der Waals surface area contributed by atoms with Crippen molar-refractivity contribution in [3.05, 3.63) is 33.9 Å². The van der Waals surface area contributed by atoms with E-state index in [0.717, 1.165) is 6.07 Å². The van der Waals surface area contributed by atoms with Gasteiger partial charge in [0.25, 0.3) is 5.69 Å². The summed E-state index contributed by atoms with van der Waals surface area (Å²) in [7, 11) is 0. The molecule has 0 aromatic heterocycles. The smallest absolute Gasteiger partial charge is 0.293 e. The van der Waals surface area contributed by atoms with Gasteiger partial charge >= 0.3 is 0 Å². The number of amides is 1. The van der Waals surface area contributed by atoms with Gasteiger partial charge in [0.2, 0.25) is 5.91 Å². The van der Waals surface area contributed by atoms with Crippen molar-refractivity contribution in [3.63, 3.8) is 0 Å². The number of primary amides is 1. The number of hydrogen-bond acceptors (Lipinski definition) is 5. The number of carbonyl (C=O) groups is 1. The average molecular weight is 267 g/mol. The lowest BCUT2D eigenvalue weighted by atomic mass is 9.99. The highest BCUT2D eigenvalue weighted by atomic mass is 16.6. The summed E-state index contributed by atoms with van der Waals surface area (Å²) in [4.78, 5) is 21.4. The maximum atomic E-state index is 11.0. The van der Waals surface area contributed by atoms with Crippen LogP contribution in [0.1, 0.15) is 30.6 Å². The molecule has 104 valence electrons. The largest absolute Gasteiger partial charge is 0.394 e. The van der Waals surface area contributed by atoms with Gasteiger partial charge in [0.05, 0.1) is 17.1 Å². The van der Waals surface area contributed by atoms with Crippen molar-refractivity contribution in [2.75, 3.05) is 11.9 Å². The molecule has 0 saturated carbocycles. The summed E-state index contributed by atoms with van der Waals surface area (Å²) < 4.78 is 0. The Kier molecular flexibility index (Phi) is 4.44. The van der Waals surface area contributed by atoms with Gasteiger partial charge in [0.15, 0.2) is 0 Å². The van der Waals surface area contributed by atoms with Crippen molar-refractivity contribution in [2.45, 2.75) is 25.8 Å². The van der Waals surface area contributed by atoms with Gasteiger partial charge in [-0.2, -0.15) is 0 Å². The first-order valence-corrected chi connectivity index (χ1v) is 5.80. The molecule has 0 bridgehead atoms. The predicted octanol–water partition coefficient (Wildman–Crippen LogP) is 1.27. The van der Waals surface area contributed by atoms with Gasteiger partial charge in [-0.25, -0.2) is 0 Å². The van der Waals surface area contributed by atoms with E-state index in [9.17, 15) is 20.0 Å². The van der Waals surface area contributed by atoms with Crippen molar-refractivity contribution in [1.82, 2.24) is 0 Å². The van der Waals surface area contributed by atoms with Gasteiger partial charge in [-0.1, -0.05) is 6.92 Å². The van der Waals surface area contributed by atoms with Crippen LogP contribution in [0.5, 0.6) is 0 Å². The minimum absolute atomic E-state index is 0.0689. The minimum atomic E-state index is -0.727. The summed E-state index contributed by atoms with van der Waals surface area (Å²) >= 11 is 0. The lowest BCUT2D eigenvalue weighted by Crippen LogP contribution is -2.38. The Morgan fingerprint density at radius 2 is 2.21 bits per heavy atom. The molecule has 0 aliphatic rings. The summed E-state index contributed by atoms with van der Waals surface area (Å²) in [6.07, 6.45) is 0.582. The molecular weight excluding hydrogens is 250 g/mol. The molecule has 0 fully saturated rings. The van der Waals surface area contributed by atoms with Crippen LogP contribution in [0.3, 0.4) is 0 Å². The maximum Gasteiger partial charge on any atom is 0.293 e. The molecule has 1 unspecified atom stereocenters. The van der Waals surface area contributed by atoms with Crippen LogP contribution in [0.25, 0.3) is 0 Å². The Balaban J connectivity index is 3.21. The lowest BCUT2D eigenvalue weighted by molar-refractivity contribution is -0.384. The van der Waals surface area contributed by atoms with Crippen LogP contribution in [0.15, 0.2) is 18.2 Å². The molecule has 7 heteroatoms. The van der Waals surface area contributed by atoms with Gasteiger partial charge in [-0.05, 0) is 25.5 Å². The molecule has 0 spiro atoms. The second-order valence-electron chi connectivity index (χ2n) is 4.55. The molecule has 1 atom stereocenters. The number of hydrogen-bond donors (Lipinski definition) is 3. The van der Waals surface area contributed by atoms with Crippen LogP contribution >= 0.6 is 0 Å². The minimum Gasteiger partial charge on any atom is -0.394 e. The first-order chi connectivity index (χ1) is 8.83. The third kappa shape index (κ3) is 3.41. The molecule has 0 heterocycles. The summed E-state index contributed by atoms with van der Waals surface area (Å²) in [6, 6.07) is 3.95. The number of nitro benzene ring substituents is 1. The second kappa shape index (κ2) is 5.66.